The maximum absolute atomic E-state index is 11.6. The first-order valence-electron chi connectivity index (χ1n) is 12.4. The van der Waals surface area contributed by atoms with Crippen molar-refractivity contribution in [2.45, 2.75) is 45.5 Å². The quantitative estimate of drug-likeness (QED) is 0.226. The summed E-state index contributed by atoms with van der Waals surface area (Å²) in [6, 6.07) is 15.6. The number of ether oxygens (including phenoxy) is 3. The van der Waals surface area contributed by atoms with Gasteiger partial charge in [0.1, 0.15) is 30.2 Å². The van der Waals surface area contributed by atoms with Gasteiger partial charge in [-0.25, -0.2) is 4.98 Å². The number of benzene rings is 3. The topological polar surface area (TPSA) is 89.3 Å². The Bertz CT molecular complexity index is 1490. The number of hydrogen-bond acceptors (Lipinski definition) is 8. The highest BCUT2D eigenvalue weighted by Gasteiger charge is 2.49. The maximum Gasteiger partial charge on any atom is 0.486 e. The summed E-state index contributed by atoms with van der Waals surface area (Å²) in [5.41, 5.74) is 1.87. The first-order valence-corrected chi connectivity index (χ1v) is 12.4. The van der Waals surface area contributed by atoms with Gasteiger partial charge in [-0.15, -0.1) is 0 Å². The van der Waals surface area contributed by atoms with Crippen LogP contribution in [0.25, 0.3) is 22.6 Å². The Morgan fingerprint density at radius 3 is 2.47 bits per heavy atom. The summed E-state index contributed by atoms with van der Waals surface area (Å²) in [6.07, 6.45) is 1.87. The van der Waals surface area contributed by atoms with E-state index in [2.05, 4.69) is 4.98 Å². The normalized spacial score (nSPS) is 16.4. The van der Waals surface area contributed by atoms with Crippen molar-refractivity contribution in [1.82, 2.24) is 4.98 Å². The van der Waals surface area contributed by atoms with Gasteiger partial charge < -0.3 is 27.9 Å². The number of methoxy groups -OCH3 is 1. The summed E-state index contributed by atoms with van der Waals surface area (Å²) in [5, 5.41) is 0. The Morgan fingerprint density at radius 2 is 1.71 bits per heavy atom. The monoisotopic (exact) mass is 515 g/mol. The van der Waals surface area contributed by atoms with Crippen LogP contribution in [-0.4, -0.2) is 37.0 Å². The van der Waals surface area contributed by atoms with E-state index in [0.29, 0.717) is 53.0 Å². The number of rotatable bonds is 8. The van der Waals surface area contributed by atoms with Crippen LogP contribution in [0.4, 0.5) is 0 Å². The molecule has 9 heteroatoms. The van der Waals surface area contributed by atoms with Gasteiger partial charge in [-0.2, -0.15) is 0 Å². The molecule has 1 saturated heterocycles. The van der Waals surface area contributed by atoms with Crippen molar-refractivity contribution < 1.29 is 27.9 Å². The molecule has 0 amide bonds. The molecule has 0 unspecified atom stereocenters. The molecule has 2 aromatic rings. The summed E-state index contributed by atoms with van der Waals surface area (Å²) >= 11 is 0. The molecule has 0 N–H and O–H groups in total. The Balaban J connectivity index is 1.21. The molecule has 3 aliphatic rings. The van der Waals surface area contributed by atoms with Crippen molar-refractivity contribution in [3.05, 3.63) is 82.4 Å². The predicted molar refractivity (Wildman–Crippen MR) is 145 cm³/mol. The van der Waals surface area contributed by atoms with E-state index >= 15 is 0 Å². The minimum atomic E-state index is -0.411. The lowest BCUT2D eigenvalue weighted by Gasteiger charge is -2.32. The molecule has 0 saturated carbocycles. The van der Waals surface area contributed by atoms with Gasteiger partial charge in [0, 0.05) is 12.1 Å². The minimum absolute atomic E-state index is 0.128. The van der Waals surface area contributed by atoms with Crippen LogP contribution in [0, 0.1) is 0 Å². The number of aromatic nitrogens is 1. The largest absolute Gasteiger partial charge is 0.493 e. The lowest BCUT2D eigenvalue weighted by molar-refractivity contribution is 0.00578. The average molecular weight is 515 g/mol. The predicted octanol–water partition coefficient (Wildman–Crippen LogP) is 5.45. The summed E-state index contributed by atoms with van der Waals surface area (Å²) in [5.74, 6) is 4.14. The molecule has 0 atom stereocenters. The zero-order valence-corrected chi connectivity index (χ0v) is 22.1. The Morgan fingerprint density at radius 1 is 0.921 bits per heavy atom. The molecule has 0 aromatic heterocycles. The Hall–Kier alpha value is -3.82. The molecule has 2 aliphatic heterocycles. The minimum Gasteiger partial charge on any atom is -0.493 e. The van der Waals surface area contributed by atoms with E-state index < -0.39 is 7.12 Å². The Kier molecular flexibility index (Phi) is 6.90. The average Bonchev–Trinajstić information content (AvgIpc) is 3.09. The van der Waals surface area contributed by atoms with Crippen LogP contribution in [0.3, 0.4) is 0 Å². The van der Waals surface area contributed by atoms with E-state index in [9.17, 15) is 4.79 Å². The smallest absolute Gasteiger partial charge is 0.486 e. The highest BCUT2D eigenvalue weighted by atomic mass is 16.7. The highest BCUT2D eigenvalue weighted by Crippen LogP contribution is 2.37. The molecule has 5 rings (SSSR count). The SMILES string of the molecule is COc1cc(COc2ccc3nc4ccc(=O)cc-4oc3c2)ccc1OC/C=C/B1OC(C)(C)C(C)(C)O1. The molecule has 0 radical (unpaired) electrons. The van der Waals surface area contributed by atoms with E-state index in [-0.39, 0.29) is 16.6 Å². The van der Waals surface area contributed by atoms with Crippen LogP contribution in [-0.2, 0) is 15.9 Å². The van der Waals surface area contributed by atoms with Crippen LogP contribution >= 0.6 is 0 Å². The summed E-state index contributed by atoms with van der Waals surface area (Å²) in [4.78, 5) is 16.2. The van der Waals surface area contributed by atoms with Gasteiger partial charge in [0.15, 0.2) is 28.3 Å². The standard InChI is InChI=1S/C29H30BNO7/c1-28(2)29(3,4)38-30(37-28)13-6-14-34-24-12-7-19(15-27(24)33-5)18-35-21-9-11-23-26(17-21)36-25-16-20(32)8-10-22(25)31-23/h6-13,15-17H,14,18H2,1-5H3/b13-6+. The van der Waals surface area contributed by atoms with Crippen LogP contribution < -0.4 is 19.6 Å². The van der Waals surface area contributed by atoms with Gasteiger partial charge in [0.05, 0.1) is 18.3 Å². The van der Waals surface area contributed by atoms with E-state index in [1.54, 1.807) is 19.2 Å². The van der Waals surface area contributed by atoms with Crippen molar-refractivity contribution >= 4 is 18.2 Å². The van der Waals surface area contributed by atoms with Gasteiger partial charge in [0.2, 0.25) is 0 Å². The molecule has 8 nitrogen and oxygen atoms in total. The maximum atomic E-state index is 11.6. The number of nitrogens with zero attached hydrogens (tertiary/aromatic N) is 1. The van der Waals surface area contributed by atoms with Gasteiger partial charge >= 0.3 is 7.12 Å². The second-order valence-electron chi connectivity index (χ2n) is 10.1. The molecule has 38 heavy (non-hydrogen) atoms. The van der Waals surface area contributed by atoms with Crippen LogP contribution in [0.5, 0.6) is 17.2 Å². The molecule has 1 fully saturated rings. The van der Waals surface area contributed by atoms with Crippen molar-refractivity contribution in [2.24, 2.45) is 0 Å². The first kappa shape index (κ1) is 25.8. The van der Waals surface area contributed by atoms with Gasteiger partial charge in [0.25, 0.3) is 0 Å². The fourth-order valence-corrected chi connectivity index (χ4v) is 4.03. The van der Waals surface area contributed by atoms with Crippen LogP contribution in [0.2, 0.25) is 0 Å². The van der Waals surface area contributed by atoms with Crippen LogP contribution in [0.15, 0.2) is 75.9 Å². The van der Waals surface area contributed by atoms with Gasteiger partial charge in [-0.3, -0.25) is 4.79 Å². The first-order chi connectivity index (χ1) is 18.1. The van der Waals surface area contributed by atoms with E-state index in [0.717, 1.165) is 5.56 Å². The van der Waals surface area contributed by atoms with Crippen LogP contribution in [0.1, 0.15) is 33.3 Å². The summed E-state index contributed by atoms with van der Waals surface area (Å²) in [7, 11) is 1.19. The van der Waals surface area contributed by atoms with Crippen molar-refractivity contribution in [1.29, 1.82) is 0 Å². The van der Waals surface area contributed by atoms with Crippen molar-refractivity contribution in [3.63, 3.8) is 0 Å². The molecule has 1 aliphatic carbocycles. The third-order valence-corrected chi connectivity index (χ3v) is 6.86. The number of hydrogen-bond donors (Lipinski definition) is 0. The van der Waals surface area contributed by atoms with E-state index in [4.69, 9.17) is 27.9 Å². The summed E-state index contributed by atoms with van der Waals surface area (Å²) in [6.45, 7) is 8.74. The van der Waals surface area contributed by atoms with Crippen molar-refractivity contribution in [3.8, 4) is 28.7 Å². The second-order valence-corrected chi connectivity index (χ2v) is 10.1. The van der Waals surface area contributed by atoms with Gasteiger partial charge in [-0.05, 0) is 69.7 Å². The summed E-state index contributed by atoms with van der Waals surface area (Å²) < 4.78 is 35.2. The Labute approximate surface area is 221 Å². The third kappa shape index (κ3) is 5.39. The highest BCUT2D eigenvalue weighted by molar-refractivity contribution is 6.51. The lowest BCUT2D eigenvalue weighted by atomic mass is 9.90. The molecule has 2 heterocycles. The molecular weight excluding hydrogens is 485 g/mol. The zero-order valence-electron chi connectivity index (χ0n) is 22.1. The molecule has 0 bridgehead atoms. The molecule has 196 valence electrons. The van der Waals surface area contributed by atoms with Crippen molar-refractivity contribution in [2.75, 3.05) is 13.7 Å². The van der Waals surface area contributed by atoms with E-state index in [1.165, 1.54) is 12.1 Å². The lowest BCUT2D eigenvalue weighted by Crippen LogP contribution is -2.41. The number of fused-ring (bicyclic) bond motifs is 2. The van der Waals surface area contributed by atoms with Gasteiger partial charge in [-0.1, -0.05) is 18.1 Å². The fourth-order valence-electron chi connectivity index (χ4n) is 4.03. The molecule has 0 spiro atoms. The zero-order chi connectivity index (χ0) is 26.9. The third-order valence-electron chi connectivity index (χ3n) is 6.86. The fraction of sp³-hybridized carbons (Fsp3) is 0.310. The molecule has 2 aromatic carbocycles. The second kappa shape index (κ2) is 10.2. The van der Waals surface area contributed by atoms with E-state index in [1.807, 2.05) is 70.1 Å². The molecular formula is C29H30BNO7.